The summed E-state index contributed by atoms with van der Waals surface area (Å²) in [5.74, 6) is 0.773. The van der Waals surface area contributed by atoms with E-state index in [1.807, 2.05) is 66.9 Å². The van der Waals surface area contributed by atoms with E-state index in [1.165, 1.54) is 11.6 Å². The van der Waals surface area contributed by atoms with E-state index in [0.717, 1.165) is 22.7 Å². The molecule has 27 heavy (non-hydrogen) atoms. The SMILES string of the molecule is Cc1ccc(Nc2c(-c3cccc([N+](=O)[O-])c3)nc3cc(C)ccn23)cc1. The van der Waals surface area contributed by atoms with Gasteiger partial charge in [-0.25, -0.2) is 4.98 Å². The molecule has 2 aromatic heterocycles. The quantitative estimate of drug-likeness (QED) is 0.398. The van der Waals surface area contributed by atoms with Gasteiger partial charge in [0.2, 0.25) is 0 Å². The second-order valence-electron chi connectivity index (χ2n) is 6.54. The van der Waals surface area contributed by atoms with Gasteiger partial charge in [0.05, 0.1) is 4.92 Å². The summed E-state index contributed by atoms with van der Waals surface area (Å²) < 4.78 is 1.96. The lowest BCUT2D eigenvalue weighted by Crippen LogP contribution is -1.97. The monoisotopic (exact) mass is 358 g/mol. The summed E-state index contributed by atoms with van der Waals surface area (Å²) in [6, 6.07) is 18.6. The van der Waals surface area contributed by atoms with Gasteiger partial charge in [-0.1, -0.05) is 29.8 Å². The molecule has 2 heterocycles. The number of aromatic nitrogens is 2. The average Bonchev–Trinajstić information content (AvgIpc) is 3.01. The molecule has 0 bridgehead atoms. The Morgan fingerprint density at radius 2 is 1.78 bits per heavy atom. The minimum Gasteiger partial charge on any atom is -0.339 e. The number of anilines is 2. The van der Waals surface area contributed by atoms with Gasteiger partial charge in [0, 0.05) is 29.6 Å². The lowest BCUT2D eigenvalue weighted by Gasteiger charge is -2.09. The van der Waals surface area contributed by atoms with Crippen molar-refractivity contribution in [3.63, 3.8) is 0 Å². The molecular formula is C21H18N4O2. The number of imidazole rings is 1. The molecule has 6 heteroatoms. The number of non-ortho nitro benzene ring substituents is 1. The van der Waals surface area contributed by atoms with Crippen LogP contribution < -0.4 is 5.32 Å². The zero-order chi connectivity index (χ0) is 19.0. The largest absolute Gasteiger partial charge is 0.339 e. The highest BCUT2D eigenvalue weighted by Gasteiger charge is 2.17. The first kappa shape index (κ1) is 16.8. The molecule has 0 atom stereocenters. The van der Waals surface area contributed by atoms with E-state index in [0.29, 0.717) is 11.3 Å². The Morgan fingerprint density at radius 1 is 1.00 bits per heavy atom. The molecule has 4 rings (SSSR count). The normalized spacial score (nSPS) is 10.9. The molecule has 0 saturated heterocycles. The van der Waals surface area contributed by atoms with Crippen LogP contribution in [0, 0.1) is 24.0 Å². The second-order valence-corrected chi connectivity index (χ2v) is 6.54. The molecule has 0 fully saturated rings. The first-order valence-corrected chi connectivity index (χ1v) is 8.58. The Balaban J connectivity index is 1.89. The molecule has 0 aliphatic carbocycles. The topological polar surface area (TPSA) is 72.5 Å². The van der Waals surface area contributed by atoms with Crippen LogP contribution in [0.3, 0.4) is 0 Å². The smallest absolute Gasteiger partial charge is 0.270 e. The second kappa shape index (κ2) is 6.57. The molecule has 0 aliphatic heterocycles. The van der Waals surface area contributed by atoms with Crippen LogP contribution in [0.15, 0.2) is 66.9 Å². The fraction of sp³-hybridized carbons (Fsp3) is 0.0952. The van der Waals surface area contributed by atoms with Gasteiger partial charge in [-0.15, -0.1) is 0 Å². The van der Waals surface area contributed by atoms with Crippen LogP contribution in [-0.4, -0.2) is 14.3 Å². The van der Waals surface area contributed by atoms with Crippen molar-refractivity contribution in [3.8, 4) is 11.3 Å². The van der Waals surface area contributed by atoms with Crippen molar-refractivity contribution in [1.82, 2.24) is 9.38 Å². The number of nitrogens with zero attached hydrogens (tertiary/aromatic N) is 3. The first-order valence-electron chi connectivity index (χ1n) is 8.58. The third kappa shape index (κ3) is 3.25. The van der Waals surface area contributed by atoms with Crippen molar-refractivity contribution >= 4 is 22.8 Å². The maximum Gasteiger partial charge on any atom is 0.270 e. The number of aryl methyl sites for hydroxylation is 2. The molecule has 0 saturated carbocycles. The summed E-state index contributed by atoms with van der Waals surface area (Å²) >= 11 is 0. The van der Waals surface area contributed by atoms with Crippen molar-refractivity contribution < 1.29 is 4.92 Å². The first-order chi connectivity index (χ1) is 13.0. The van der Waals surface area contributed by atoms with Gasteiger partial charge in [0.25, 0.3) is 5.69 Å². The minimum absolute atomic E-state index is 0.0435. The minimum atomic E-state index is -0.392. The lowest BCUT2D eigenvalue weighted by atomic mass is 10.1. The Morgan fingerprint density at radius 3 is 2.52 bits per heavy atom. The molecule has 0 radical (unpaired) electrons. The molecule has 0 spiro atoms. The van der Waals surface area contributed by atoms with Crippen molar-refractivity contribution in [2.45, 2.75) is 13.8 Å². The van der Waals surface area contributed by atoms with Crippen LogP contribution in [0.2, 0.25) is 0 Å². The number of nitro groups is 1. The lowest BCUT2D eigenvalue weighted by molar-refractivity contribution is -0.384. The highest BCUT2D eigenvalue weighted by atomic mass is 16.6. The average molecular weight is 358 g/mol. The molecular weight excluding hydrogens is 340 g/mol. The maximum absolute atomic E-state index is 11.2. The molecule has 2 aromatic carbocycles. The fourth-order valence-electron chi connectivity index (χ4n) is 3.01. The molecule has 6 nitrogen and oxygen atoms in total. The van der Waals surface area contributed by atoms with Crippen LogP contribution in [-0.2, 0) is 0 Å². The van der Waals surface area contributed by atoms with E-state index in [-0.39, 0.29) is 5.69 Å². The van der Waals surface area contributed by atoms with Crippen molar-refractivity contribution in [2.75, 3.05) is 5.32 Å². The van der Waals surface area contributed by atoms with Crippen LogP contribution in [0.1, 0.15) is 11.1 Å². The zero-order valence-electron chi connectivity index (χ0n) is 15.0. The van der Waals surface area contributed by atoms with Crippen molar-refractivity contribution in [2.24, 2.45) is 0 Å². The number of pyridine rings is 1. The van der Waals surface area contributed by atoms with Crippen molar-refractivity contribution in [1.29, 1.82) is 0 Å². The summed E-state index contributed by atoms with van der Waals surface area (Å²) in [5, 5.41) is 14.6. The van der Waals surface area contributed by atoms with E-state index in [2.05, 4.69) is 5.32 Å². The van der Waals surface area contributed by atoms with Gasteiger partial charge in [0.1, 0.15) is 17.2 Å². The van der Waals surface area contributed by atoms with E-state index < -0.39 is 4.92 Å². The summed E-state index contributed by atoms with van der Waals surface area (Å²) in [4.78, 5) is 15.5. The summed E-state index contributed by atoms with van der Waals surface area (Å²) in [6.45, 7) is 4.05. The summed E-state index contributed by atoms with van der Waals surface area (Å²) in [7, 11) is 0. The van der Waals surface area contributed by atoms with E-state index >= 15 is 0 Å². The van der Waals surface area contributed by atoms with Gasteiger partial charge >= 0.3 is 0 Å². The number of hydrogen-bond donors (Lipinski definition) is 1. The predicted molar refractivity (Wildman–Crippen MR) is 106 cm³/mol. The van der Waals surface area contributed by atoms with Gasteiger partial charge in [-0.3, -0.25) is 14.5 Å². The van der Waals surface area contributed by atoms with E-state index in [9.17, 15) is 10.1 Å². The van der Waals surface area contributed by atoms with Crippen LogP contribution >= 0.6 is 0 Å². The molecule has 4 aromatic rings. The summed E-state index contributed by atoms with van der Waals surface area (Å²) in [5.41, 5.74) is 5.39. The van der Waals surface area contributed by atoms with Crippen LogP contribution in [0.25, 0.3) is 16.9 Å². The Hall–Kier alpha value is -3.67. The highest BCUT2D eigenvalue weighted by Crippen LogP contribution is 2.33. The van der Waals surface area contributed by atoms with E-state index in [4.69, 9.17) is 4.98 Å². The number of nitrogens with one attached hydrogen (secondary N) is 1. The van der Waals surface area contributed by atoms with Gasteiger partial charge < -0.3 is 5.32 Å². The third-order valence-corrected chi connectivity index (χ3v) is 4.43. The molecule has 0 amide bonds. The maximum atomic E-state index is 11.2. The van der Waals surface area contributed by atoms with Crippen molar-refractivity contribution in [3.05, 3.63) is 88.1 Å². The van der Waals surface area contributed by atoms with Gasteiger partial charge in [-0.05, 0) is 43.7 Å². The van der Waals surface area contributed by atoms with Gasteiger partial charge in [-0.2, -0.15) is 0 Å². The Kier molecular flexibility index (Phi) is 4.08. The number of hydrogen-bond acceptors (Lipinski definition) is 4. The summed E-state index contributed by atoms with van der Waals surface area (Å²) in [6.07, 6.45) is 1.95. The third-order valence-electron chi connectivity index (χ3n) is 4.43. The molecule has 0 aliphatic rings. The molecule has 0 unspecified atom stereocenters. The Bertz CT molecular complexity index is 1150. The van der Waals surface area contributed by atoms with Crippen LogP contribution in [0.5, 0.6) is 0 Å². The number of nitro benzene ring substituents is 1. The highest BCUT2D eigenvalue weighted by molar-refractivity contribution is 5.80. The zero-order valence-corrected chi connectivity index (χ0v) is 15.0. The fourth-order valence-corrected chi connectivity index (χ4v) is 3.01. The van der Waals surface area contributed by atoms with Gasteiger partial charge in [0.15, 0.2) is 0 Å². The predicted octanol–water partition coefficient (Wildman–Crippen LogP) is 5.27. The molecule has 134 valence electrons. The number of rotatable bonds is 4. The number of fused-ring (bicyclic) bond motifs is 1. The standard InChI is InChI=1S/C21H18N4O2/c1-14-6-8-17(9-7-14)22-21-20(16-4-3-5-18(13-16)25(26)27)23-19-12-15(2)10-11-24(19)21/h3-13,22H,1-2H3. The molecule has 1 N–H and O–H groups in total. The van der Waals surface area contributed by atoms with E-state index in [1.54, 1.807) is 12.1 Å². The Labute approximate surface area is 156 Å². The number of benzene rings is 2. The van der Waals surface area contributed by atoms with Crippen LogP contribution in [0.4, 0.5) is 17.2 Å².